The zero-order chi connectivity index (χ0) is 21.4. The Balaban J connectivity index is 1.46. The molecule has 3 aromatic rings. The van der Waals surface area contributed by atoms with E-state index in [9.17, 15) is 18.4 Å². The highest BCUT2D eigenvalue weighted by molar-refractivity contribution is 6.01. The third-order valence-corrected chi connectivity index (χ3v) is 4.98. The number of nitrogens with one attached hydrogen (secondary N) is 1. The number of aromatic nitrogens is 5. The molecular weight excluding hydrogens is 396 g/mol. The molecule has 2 amide bonds. The minimum absolute atomic E-state index is 0.0818. The Labute approximate surface area is 170 Å². The first-order valence-corrected chi connectivity index (χ1v) is 9.27. The highest BCUT2D eigenvalue weighted by Gasteiger charge is 2.31. The van der Waals surface area contributed by atoms with E-state index in [1.807, 2.05) is 11.5 Å². The van der Waals surface area contributed by atoms with Crippen LogP contribution in [-0.4, -0.2) is 49.2 Å². The number of hydrogen-bond donors (Lipinski definition) is 1. The number of rotatable bonds is 4. The maximum Gasteiger partial charge on any atom is 0.291 e. The minimum Gasteiger partial charge on any atom is -0.337 e. The van der Waals surface area contributed by atoms with Crippen LogP contribution in [0.1, 0.15) is 28.3 Å². The average Bonchev–Trinajstić information content (AvgIpc) is 3.30. The molecule has 0 aliphatic carbocycles. The predicted octanol–water partition coefficient (Wildman–Crippen LogP) is 1.27. The Hall–Kier alpha value is -3.63. The average molecular weight is 415 g/mol. The van der Waals surface area contributed by atoms with Gasteiger partial charge < -0.3 is 9.88 Å². The van der Waals surface area contributed by atoms with Gasteiger partial charge in [-0.1, -0.05) is 0 Å². The zero-order valence-electron chi connectivity index (χ0n) is 16.3. The van der Waals surface area contributed by atoms with Crippen molar-refractivity contribution < 1.29 is 18.4 Å². The van der Waals surface area contributed by atoms with E-state index in [2.05, 4.69) is 20.4 Å². The molecule has 0 spiro atoms. The number of amides is 2. The molecule has 0 saturated carbocycles. The van der Waals surface area contributed by atoms with Crippen molar-refractivity contribution in [3.63, 3.8) is 0 Å². The molecule has 0 bridgehead atoms. The molecule has 1 aliphatic rings. The zero-order valence-corrected chi connectivity index (χ0v) is 16.3. The number of nitrogens with zero attached hydrogens (tertiary/aromatic N) is 6. The molecule has 3 heterocycles. The van der Waals surface area contributed by atoms with Gasteiger partial charge in [0, 0.05) is 19.2 Å². The second-order valence-electron chi connectivity index (χ2n) is 7.06. The second-order valence-corrected chi connectivity index (χ2v) is 7.06. The number of fused-ring (bicyclic) bond motifs is 1. The fraction of sp³-hybridized carbons (Fsp3) is 0.316. The Morgan fingerprint density at radius 2 is 2.07 bits per heavy atom. The summed E-state index contributed by atoms with van der Waals surface area (Å²) >= 11 is 0. The Morgan fingerprint density at radius 3 is 2.87 bits per heavy atom. The standard InChI is InChI=1S/C19H19F2N7O2/c1-11-18-26(2)19(30)15(5-6-27(18)9-22-11)24-17(29)16-23-10-28(25-16)8-12-7-13(20)3-4-14(12)21/h3-4,7,9-10,15H,5-6,8H2,1-2H3,(H,24,29). The van der Waals surface area contributed by atoms with Crippen LogP contribution in [0.2, 0.25) is 0 Å². The van der Waals surface area contributed by atoms with E-state index in [0.717, 1.165) is 23.9 Å². The van der Waals surface area contributed by atoms with Crippen molar-refractivity contribution in [1.29, 1.82) is 0 Å². The number of carbonyl (C=O) groups excluding carboxylic acids is 2. The third-order valence-electron chi connectivity index (χ3n) is 4.98. The number of aryl methyl sites for hydroxylation is 2. The van der Waals surface area contributed by atoms with E-state index >= 15 is 0 Å². The first-order chi connectivity index (χ1) is 14.3. The highest BCUT2D eigenvalue weighted by atomic mass is 19.1. The molecular formula is C19H19F2N7O2. The highest BCUT2D eigenvalue weighted by Crippen LogP contribution is 2.23. The Bertz CT molecular complexity index is 1120. The van der Waals surface area contributed by atoms with Crippen molar-refractivity contribution in [2.75, 3.05) is 11.9 Å². The van der Waals surface area contributed by atoms with Crippen molar-refractivity contribution in [2.45, 2.75) is 32.5 Å². The third kappa shape index (κ3) is 3.65. The van der Waals surface area contributed by atoms with Gasteiger partial charge in [-0.25, -0.2) is 23.4 Å². The molecule has 1 unspecified atom stereocenters. The smallest absolute Gasteiger partial charge is 0.291 e. The van der Waals surface area contributed by atoms with E-state index in [1.54, 1.807) is 13.4 Å². The van der Waals surface area contributed by atoms with Crippen molar-refractivity contribution >= 4 is 17.6 Å². The van der Waals surface area contributed by atoms with E-state index in [0.29, 0.717) is 18.8 Å². The maximum atomic E-state index is 13.8. The summed E-state index contributed by atoms with van der Waals surface area (Å²) in [5.74, 6) is -1.52. The maximum absolute atomic E-state index is 13.8. The molecule has 1 aliphatic heterocycles. The summed E-state index contributed by atoms with van der Waals surface area (Å²) in [6.45, 7) is 2.24. The SMILES string of the molecule is Cc1ncn2c1N(C)C(=O)C(NC(=O)c1ncn(Cc3cc(F)ccc3F)n1)CC2. The van der Waals surface area contributed by atoms with Gasteiger partial charge in [0.2, 0.25) is 5.82 Å². The van der Waals surface area contributed by atoms with E-state index in [4.69, 9.17) is 0 Å². The van der Waals surface area contributed by atoms with Gasteiger partial charge >= 0.3 is 0 Å². The lowest BCUT2D eigenvalue weighted by Gasteiger charge is -2.20. The van der Waals surface area contributed by atoms with Crippen LogP contribution >= 0.6 is 0 Å². The van der Waals surface area contributed by atoms with Crippen molar-refractivity contribution in [1.82, 2.24) is 29.6 Å². The molecule has 1 atom stereocenters. The van der Waals surface area contributed by atoms with E-state index in [1.165, 1.54) is 15.9 Å². The van der Waals surface area contributed by atoms with Gasteiger partial charge in [-0.2, -0.15) is 0 Å². The van der Waals surface area contributed by atoms with E-state index in [-0.39, 0.29) is 23.8 Å². The normalized spacial score (nSPS) is 16.3. The van der Waals surface area contributed by atoms with Gasteiger partial charge in [0.15, 0.2) is 0 Å². The van der Waals surface area contributed by atoms with Crippen LogP contribution in [0.25, 0.3) is 0 Å². The summed E-state index contributed by atoms with van der Waals surface area (Å²) in [6.07, 6.45) is 3.29. The first kappa shape index (κ1) is 19.7. The minimum atomic E-state index is -0.755. The summed E-state index contributed by atoms with van der Waals surface area (Å²) in [5, 5.41) is 6.68. The van der Waals surface area contributed by atoms with Crippen LogP contribution in [0.4, 0.5) is 14.6 Å². The summed E-state index contributed by atoms with van der Waals surface area (Å²) in [7, 11) is 1.63. The van der Waals surface area contributed by atoms with Crippen LogP contribution < -0.4 is 10.2 Å². The van der Waals surface area contributed by atoms with Crippen molar-refractivity contribution in [3.05, 3.63) is 59.6 Å². The van der Waals surface area contributed by atoms with Gasteiger partial charge in [-0.05, 0) is 31.5 Å². The summed E-state index contributed by atoms with van der Waals surface area (Å²) in [4.78, 5) is 35.0. The second kappa shape index (κ2) is 7.65. The summed E-state index contributed by atoms with van der Waals surface area (Å²) < 4.78 is 30.2. The first-order valence-electron chi connectivity index (χ1n) is 9.27. The number of imidazole rings is 1. The number of hydrogen-bond acceptors (Lipinski definition) is 5. The van der Waals surface area contributed by atoms with E-state index < -0.39 is 23.6 Å². The van der Waals surface area contributed by atoms with Gasteiger partial charge in [-0.15, -0.1) is 5.10 Å². The monoisotopic (exact) mass is 415 g/mol. The van der Waals surface area contributed by atoms with Crippen LogP contribution in [0.5, 0.6) is 0 Å². The van der Waals surface area contributed by atoms with Gasteiger partial charge in [0.25, 0.3) is 11.8 Å². The van der Waals surface area contributed by atoms with Crippen LogP contribution in [-0.2, 0) is 17.9 Å². The molecule has 1 N–H and O–H groups in total. The molecule has 11 heteroatoms. The van der Waals surface area contributed by atoms with Gasteiger partial charge in [-0.3, -0.25) is 14.5 Å². The lowest BCUT2D eigenvalue weighted by Crippen LogP contribution is -2.47. The van der Waals surface area contributed by atoms with Gasteiger partial charge in [0.05, 0.1) is 18.6 Å². The molecule has 0 radical (unpaired) electrons. The predicted molar refractivity (Wildman–Crippen MR) is 102 cm³/mol. The summed E-state index contributed by atoms with van der Waals surface area (Å²) in [6, 6.07) is 2.35. The lowest BCUT2D eigenvalue weighted by atomic mass is 10.2. The fourth-order valence-corrected chi connectivity index (χ4v) is 3.48. The molecule has 9 nitrogen and oxygen atoms in total. The molecule has 0 saturated heterocycles. The molecule has 30 heavy (non-hydrogen) atoms. The number of likely N-dealkylation sites (N-methyl/N-ethyl adjacent to an activating group) is 1. The number of anilines is 1. The topological polar surface area (TPSA) is 97.9 Å². The van der Waals surface area contributed by atoms with Crippen molar-refractivity contribution in [3.8, 4) is 0 Å². The van der Waals surface area contributed by atoms with Gasteiger partial charge in [0.1, 0.15) is 29.8 Å². The summed E-state index contributed by atoms with van der Waals surface area (Å²) in [5.41, 5.74) is 0.807. The number of carbonyl (C=O) groups is 2. The molecule has 156 valence electrons. The number of halogens is 2. The van der Waals surface area contributed by atoms with Crippen LogP contribution in [0, 0.1) is 18.6 Å². The number of benzene rings is 1. The van der Waals surface area contributed by atoms with Crippen LogP contribution in [0.3, 0.4) is 0 Å². The largest absolute Gasteiger partial charge is 0.337 e. The molecule has 1 aromatic carbocycles. The van der Waals surface area contributed by atoms with Crippen molar-refractivity contribution in [2.24, 2.45) is 0 Å². The molecule has 0 fully saturated rings. The van der Waals surface area contributed by atoms with Crippen LogP contribution in [0.15, 0.2) is 30.9 Å². The molecule has 4 rings (SSSR count). The Morgan fingerprint density at radius 1 is 1.27 bits per heavy atom. The molecule has 2 aromatic heterocycles. The lowest BCUT2D eigenvalue weighted by molar-refractivity contribution is -0.120. The Kier molecular flexibility index (Phi) is 5.02. The fourth-order valence-electron chi connectivity index (χ4n) is 3.48. The quantitative estimate of drug-likeness (QED) is 0.692.